The van der Waals surface area contributed by atoms with Crippen LogP contribution < -0.4 is 0 Å². The summed E-state index contributed by atoms with van der Waals surface area (Å²) in [6.45, 7) is 5.29. The molecule has 1 saturated heterocycles. The summed E-state index contributed by atoms with van der Waals surface area (Å²) in [6, 6.07) is -0.155. The van der Waals surface area contributed by atoms with E-state index >= 15 is 0 Å². The number of nitrogens with zero attached hydrogens (tertiary/aromatic N) is 1. The fourth-order valence-electron chi connectivity index (χ4n) is 2.60. The van der Waals surface area contributed by atoms with Gasteiger partial charge in [0.1, 0.15) is 11.9 Å². The average molecular weight is 239 g/mol. The molecule has 5 heteroatoms. The van der Waals surface area contributed by atoms with Gasteiger partial charge in [0.2, 0.25) is 5.91 Å². The van der Waals surface area contributed by atoms with Gasteiger partial charge in [-0.05, 0) is 33.6 Å². The van der Waals surface area contributed by atoms with Gasteiger partial charge >= 0.3 is 6.09 Å². The van der Waals surface area contributed by atoms with Gasteiger partial charge in [-0.15, -0.1) is 0 Å². The zero-order valence-corrected chi connectivity index (χ0v) is 10.3. The Balaban J connectivity index is 2.08. The molecule has 0 N–H and O–H groups in total. The van der Waals surface area contributed by atoms with E-state index in [4.69, 9.17) is 4.74 Å². The van der Waals surface area contributed by atoms with Crippen molar-refractivity contribution in [3.05, 3.63) is 0 Å². The number of carbonyl (C=O) groups excluding carboxylic acids is 3. The third-order valence-electron chi connectivity index (χ3n) is 3.27. The molecule has 0 unspecified atom stereocenters. The van der Waals surface area contributed by atoms with Crippen LogP contribution in [0, 0.1) is 11.8 Å². The number of amides is 2. The lowest BCUT2D eigenvalue weighted by molar-refractivity contribution is -0.137. The zero-order chi connectivity index (χ0) is 12.8. The molecule has 0 spiro atoms. The van der Waals surface area contributed by atoms with Crippen molar-refractivity contribution in [3.63, 3.8) is 0 Å². The van der Waals surface area contributed by atoms with Gasteiger partial charge in [-0.3, -0.25) is 4.79 Å². The smallest absolute Gasteiger partial charge is 0.417 e. The Morgan fingerprint density at radius 3 is 2.53 bits per heavy atom. The van der Waals surface area contributed by atoms with E-state index in [1.165, 1.54) is 4.90 Å². The van der Waals surface area contributed by atoms with Crippen molar-refractivity contribution < 1.29 is 19.1 Å². The number of hydrogen-bond donors (Lipinski definition) is 0. The molecular weight excluding hydrogens is 222 g/mol. The van der Waals surface area contributed by atoms with Crippen LogP contribution >= 0.6 is 0 Å². The lowest BCUT2D eigenvalue weighted by atomic mass is 9.96. The molecule has 1 saturated carbocycles. The molecule has 0 aromatic heterocycles. The summed E-state index contributed by atoms with van der Waals surface area (Å²) < 4.78 is 5.19. The molecule has 1 aliphatic heterocycles. The second-order valence-electron chi connectivity index (χ2n) is 5.72. The summed E-state index contributed by atoms with van der Waals surface area (Å²) in [7, 11) is 0. The summed E-state index contributed by atoms with van der Waals surface area (Å²) >= 11 is 0. The number of fused-ring (bicyclic) bond motifs is 2. The number of imide groups is 1. The number of piperidine rings is 1. The first-order valence-corrected chi connectivity index (χ1v) is 5.85. The van der Waals surface area contributed by atoms with Crippen LogP contribution in [-0.4, -0.2) is 34.8 Å². The van der Waals surface area contributed by atoms with E-state index in [2.05, 4.69) is 0 Å². The summed E-state index contributed by atoms with van der Waals surface area (Å²) in [5.74, 6) is -0.788. The topological polar surface area (TPSA) is 63.7 Å². The van der Waals surface area contributed by atoms with Crippen molar-refractivity contribution in [2.75, 3.05) is 0 Å². The fraction of sp³-hybridized carbons (Fsp3) is 0.750. The number of carbonyl (C=O) groups is 3. The molecule has 94 valence electrons. The highest BCUT2D eigenvalue weighted by Crippen LogP contribution is 2.42. The van der Waals surface area contributed by atoms with Gasteiger partial charge in [-0.2, -0.15) is 0 Å². The van der Waals surface area contributed by atoms with Crippen LogP contribution in [0.4, 0.5) is 4.79 Å². The number of hydrogen-bond acceptors (Lipinski definition) is 4. The Bertz CT molecular complexity index is 369. The highest BCUT2D eigenvalue weighted by molar-refractivity contribution is 5.98. The molecule has 2 rings (SSSR count). The Morgan fingerprint density at radius 1 is 1.41 bits per heavy atom. The van der Waals surface area contributed by atoms with E-state index in [0.717, 1.165) is 6.29 Å². The van der Waals surface area contributed by atoms with Crippen molar-refractivity contribution in [1.82, 2.24) is 4.90 Å². The number of rotatable bonds is 1. The van der Waals surface area contributed by atoms with E-state index in [-0.39, 0.29) is 23.8 Å². The van der Waals surface area contributed by atoms with Gasteiger partial charge in [0.05, 0.1) is 5.92 Å². The largest absolute Gasteiger partial charge is 0.443 e. The monoisotopic (exact) mass is 239 g/mol. The molecule has 0 aromatic rings. The Morgan fingerprint density at radius 2 is 2.06 bits per heavy atom. The molecule has 17 heavy (non-hydrogen) atoms. The lowest BCUT2D eigenvalue weighted by Crippen LogP contribution is -2.46. The van der Waals surface area contributed by atoms with Crippen molar-refractivity contribution in [2.45, 2.75) is 45.3 Å². The minimum atomic E-state index is -0.608. The molecule has 2 amide bonds. The normalized spacial score (nSPS) is 31.8. The van der Waals surface area contributed by atoms with Crippen LogP contribution in [0.2, 0.25) is 0 Å². The molecule has 2 aliphatic rings. The molecule has 0 radical (unpaired) electrons. The standard InChI is InChI=1S/C12H17NO4/c1-12(2,3)17-11(16)13-8-4-7(6-14)9(5-8)10(13)15/h6-9H,4-5H2,1-3H3/t7-,8+,9+/m1/s1. The van der Waals surface area contributed by atoms with Crippen molar-refractivity contribution in [2.24, 2.45) is 11.8 Å². The Labute approximate surface area is 100 Å². The minimum absolute atomic E-state index is 0.155. The predicted molar refractivity (Wildman–Crippen MR) is 59.1 cm³/mol. The second kappa shape index (κ2) is 3.82. The van der Waals surface area contributed by atoms with Crippen LogP contribution in [0.25, 0.3) is 0 Å². The number of likely N-dealkylation sites (tertiary alicyclic amines) is 1. The van der Waals surface area contributed by atoms with E-state index in [0.29, 0.717) is 12.8 Å². The van der Waals surface area contributed by atoms with Crippen molar-refractivity contribution in [1.29, 1.82) is 0 Å². The summed E-state index contributed by atoms with van der Waals surface area (Å²) in [4.78, 5) is 35.7. The van der Waals surface area contributed by atoms with Gasteiger partial charge in [-0.1, -0.05) is 0 Å². The highest BCUT2D eigenvalue weighted by atomic mass is 16.6. The molecule has 2 bridgehead atoms. The first-order chi connectivity index (χ1) is 7.83. The Hall–Kier alpha value is -1.39. The van der Waals surface area contributed by atoms with Gasteiger partial charge < -0.3 is 9.53 Å². The van der Waals surface area contributed by atoms with E-state index in [1.54, 1.807) is 20.8 Å². The lowest BCUT2D eigenvalue weighted by Gasteiger charge is -2.30. The minimum Gasteiger partial charge on any atom is -0.443 e. The van der Waals surface area contributed by atoms with Crippen molar-refractivity contribution in [3.8, 4) is 0 Å². The zero-order valence-electron chi connectivity index (χ0n) is 10.3. The average Bonchev–Trinajstić information content (AvgIpc) is 2.71. The van der Waals surface area contributed by atoms with E-state index in [1.807, 2.05) is 0 Å². The van der Waals surface area contributed by atoms with Gasteiger partial charge in [0.25, 0.3) is 0 Å². The van der Waals surface area contributed by atoms with Gasteiger partial charge in [0.15, 0.2) is 0 Å². The molecule has 2 fully saturated rings. The molecule has 3 atom stereocenters. The van der Waals surface area contributed by atoms with Gasteiger partial charge in [0, 0.05) is 12.0 Å². The summed E-state index contributed by atoms with van der Waals surface area (Å²) in [5, 5.41) is 0. The molecule has 1 heterocycles. The SMILES string of the molecule is CC(C)(C)OC(=O)N1C(=O)[C@H]2C[C@@H]1C[C@@H]2C=O. The van der Waals surface area contributed by atoms with Crippen LogP contribution in [0.1, 0.15) is 33.6 Å². The van der Waals surface area contributed by atoms with Crippen LogP contribution in [0.3, 0.4) is 0 Å². The maximum atomic E-state index is 11.9. The summed E-state index contributed by atoms with van der Waals surface area (Å²) in [5.41, 5.74) is -0.608. The fourth-order valence-corrected chi connectivity index (χ4v) is 2.60. The van der Waals surface area contributed by atoms with Crippen LogP contribution in [0.5, 0.6) is 0 Å². The van der Waals surface area contributed by atoms with Crippen LogP contribution in [0.15, 0.2) is 0 Å². The highest BCUT2D eigenvalue weighted by Gasteiger charge is 2.53. The van der Waals surface area contributed by atoms with Crippen molar-refractivity contribution >= 4 is 18.3 Å². The molecule has 0 aromatic carbocycles. The summed E-state index contributed by atoms with van der Waals surface area (Å²) in [6.07, 6.45) is 1.43. The molecule has 1 aliphatic carbocycles. The molecule has 5 nitrogen and oxygen atoms in total. The second-order valence-corrected chi connectivity index (χ2v) is 5.72. The van der Waals surface area contributed by atoms with Crippen LogP contribution in [-0.2, 0) is 14.3 Å². The van der Waals surface area contributed by atoms with Gasteiger partial charge in [-0.25, -0.2) is 9.69 Å². The number of aldehydes is 1. The predicted octanol–water partition coefficient (Wildman–Crippen LogP) is 1.36. The number of ether oxygens (including phenoxy) is 1. The first-order valence-electron chi connectivity index (χ1n) is 5.85. The third kappa shape index (κ3) is 2.06. The first kappa shape index (κ1) is 12.1. The van der Waals surface area contributed by atoms with E-state index < -0.39 is 11.7 Å². The molecular formula is C12H17NO4. The maximum absolute atomic E-state index is 11.9. The quantitative estimate of drug-likeness (QED) is 0.648. The maximum Gasteiger partial charge on any atom is 0.417 e. The van der Waals surface area contributed by atoms with E-state index in [9.17, 15) is 14.4 Å². The third-order valence-corrected chi connectivity index (χ3v) is 3.27. The Kier molecular flexibility index (Phi) is 2.72.